The van der Waals surface area contributed by atoms with Crippen LogP contribution in [0.1, 0.15) is 36.8 Å². The van der Waals surface area contributed by atoms with E-state index in [4.69, 9.17) is 5.11 Å². The lowest BCUT2D eigenvalue weighted by Gasteiger charge is -2.31. The molecule has 14 heavy (non-hydrogen) atoms. The highest BCUT2D eigenvalue weighted by Crippen LogP contribution is 2.37. The molecule has 1 aliphatic carbocycles. The van der Waals surface area contributed by atoms with E-state index in [2.05, 4.69) is 31.2 Å². The number of aryl methyl sites for hydroxylation is 1. The van der Waals surface area contributed by atoms with Crippen molar-refractivity contribution in [1.29, 1.82) is 0 Å². The Labute approximate surface area is 85.8 Å². The molecule has 2 atom stereocenters. The molecule has 0 fully saturated rings. The normalized spacial score (nSPS) is 25.9. The van der Waals surface area contributed by atoms with Gasteiger partial charge in [0, 0.05) is 6.61 Å². The smallest absolute Gasteiger partial charge is 0.0436 e. The van der Waals surface area contributed by atoms with Crippen LogP contribution in [0.15, 0.2) is 24.3 Å². The lowest BCUT2D eigenvalue weighted by Crippen LogP contribution is -2.19. The number of hydrogen-bond acceptors (Lipinski definition) is 1. The predicted molar refractivity (Wildman–Crippen MR) is 58.4 cm³/mol. The van der Waals surface area contributed by atoms with Crippen LogP contribution in [0.25, 0.3) is 0 Å². The Morgan fingerprint density at radius 1 is 1.36 bits per heavy atom. The molecule has 0 aromatic heterocycles. The van der Waals surface area contributed by atoms with E-state index >= 15 is 0 Å². The molecule has 0 saturated carbocycles. The van der Waals surface area contributed by atoms with Gasteiger partial charge in [0.2, 0.25) is 0 Å². The van der Waals surface area contributed by atoms with Crippen LogP contribution in [0, 0.1) is 5.92 Å². The fourth-order valence-corrected chi connectivity index (χ4v) is 2.59. The number of benzene rings is 1. The van der Waals surface area contributed by atoms with Crippen LogP contribution >= 0.6 is 0 Å². The van der Waals surface area contributed by atoms with Gasteiger partial charge in [-0.25, -0.2) is 0 Å². The maximum Gasteiger partial charge on any atom is 0.0436 e. The molecule has 0 spiro atoms. The molecule has 1 aliphatic rings. The SMILES string of the molecule is CC1CCc2ccccc2C1CCO. The summed E-state index contributed by atoms with van der Waals surface area (Å²) in [6.07, 6.45) is 3.39. The quantitative estimate of drug-likeness (QED) is 0.760. The molecule has 76 valence electrons. The number of hydrogen-bond donors (Lipinski definition) is 1. The van der Waals surface area contributed by atoms with Crippen LogP contribution in [-0.2, 0) is 6.42 Å². The molecule has 2 rings (SSSR count). The number of aliphatic hydroxyl groups excluding tert-OH is 1. The first kappa shape index (κ1) is 9.72. The number of aliphatic hydroxyl groups is 1. The van der Waals surface area contributed by atoms with E-state index < -0.39 is 0 Å². The summed E-state index contributed by atoms with van der Waals surface area (Å²) in [5.41, 5.74) is 2.96. The van der Waals surface area contributed by atoms with Crippen molar-refractivity contribution in [1.82, 2.24) is 0 Å². The second-order valence-electron chi connectivity index (χ2n) is 4.33. The van der Waals surface area contributed by atoms with Crippen molar-refractivity contribution in [2.45, 2.75) is 32.1 Å². The predicted octanol–water partition coefficient (Wildman–Crippen LogP) is 2.73. The minimum Gasteiger partial charge on any atom is -0.396 e. The Balaban J connectivity index is 2.31. The zero-order chi connectivity index (χ0) is 9.97. The van der Waals surface area contributed by atoms with Gasteiger partial charge in [-0.3, -0.25) is 0 Å². The Bertz CT molecular complexity index is 306. The molecular formula is C13H18O. The molecule has 1 heteroatoms. The van der Waals surface area contributed by atoms with Crippen molar-refractivity contribution >= 4 is 0 Å². The molecule has 0 heterocycles. The van der Waals surface area contributed by atoms with E-state index in [-0.39, 0.29) is 0 Å². The van der Waals surface area contributed by atoms with Gasteiger partial charge in [-0.05, 0) is 42.2 Å². The molecule has 1 nitrogen and oxygen atoms in total. The topological polar surface area (TPSA) is 20.2 Å². The second kappa shape index (κ2) is 4.14. The zero-order valence-electron chi connectivity index (χ0n) is 8.74. The first-order valence-corrected chi connectivity index (χ1v) is 5.51. The summed E-state index contributed by atoms with van der Waals surface area (Å²) >= 11 is 0. The summed E-state index contributed by atoms with van der Waals surface area (Å²) in [4.78, 5) is 0. The summed E-state index contributed by atoms with van der Waals surface area (Å²) in [7, 11) is 0. The molecule has 1 N–H and O–H groups in total. The summed E-state index contributed by atoms with van der Waals surface area (Å²) in [6.45, 7) is 2.61. The molecule has 0 saturated heterocycles. The van der Waals surface area contributed by atoms with Gasteiger partial charge < -0.3 is 5.11 Å². The zero-order valence-corrected chi connectivity index (χ0v) is 8.74. The standard InChI is InChI=1S/C13H18O/c1-10-6-7-11-4-2-3-5-13(11)12(10)8-9-14/h2-5,10,12,14H,6-9H2,1H3. The second-order valence-corrected chi connectivity index (χ2v) is 4.33. The lowest BCUT2D eigenvalue weighted by molar-refractivity contribution is 0.249. The average Bonchev–Trinajstić information content (AvgIpc) is 2.23. The molecular weight excluding hydrogens is 172 g/mol. The van der Waals surface area contributed by atoms with Gasteiger partial charge in [0.25, 0.3) is 0 Å². The van der Waals surface area contributed by atoms with E-state index in [1.165, 1.54) is 24.0 Å². The van der Waals surface area contributed by atoms with Gasteiger partial charge in [0.05, 0.1) is 0 Å². The molecule has 1 aromatic rings. The Kier molecular flexibility index (Phi) is 2.87. The molecule has 2 unspecified atom stereocenters. The minimum atomic E-state index is 0.309. The molecule has 0 amide bonds. The maximum absolute atomic E-state index is 9.06. The maximum atomic E-state index is 9.06. The fraction of sp³-hybridized carbons (Fsp3) is 0.538. The van der Waals surface area contributed by atoms with Crippen molar-refractivity contribution in [2.75, 3.05) is 6.61 Å². The average molecular weight is 190 g/mol. The van der Waals surface area contributed by atoms with Gasteiger partial charge in [0.15, 0.2) is 0 Å². The lowest BCUT2D eigenvalue weighted by atomic mass is 9.75. The van der Waals surface area contributed by atoms with Crippen molar-refractivity contribution in [3.8, 4) is 0 Å². The first-order valence-electron chi connectivity index (χ1n) is 5.51. The van der Waals surface area contributed by atoms with Gasteiger partial charge in [0.1, 0.15) is 0 Å². The summed E-state index contributed by atoms with van der Waals surface area (Å²) in [5, 5.41) is 9.06. The Hall–Kier alpha value is -0.820. The van der Waals surface area contributed by atoms with Crippen LogP contribution in [0.3, 0.4) is 0 Å². The van der Waals surface area contributed by atoms with E-state index in [1.54, 1.807) is 0 Å². The van der Waals surface area contributed by atoms with Crippen molar-refractivity contribution in [3.63, 3.8) is 0 Å². The van der Waals surface area contributed by atoms with Crippen molar-refractivity contribution in [2.24, 2.45) is 5.92 Å². The van der Waals surface area contributed by atoms with Crippen LogP contribution in [-0.4, -0.2) is 11.7 Å². The highest BCUT2D eigenvalue weighted by Gasteiger charge is 2.25. The first-order chi connectivity index (χ1) is 6.83. The Morgan fingerprint density at radius 2 is 2.14 bits per heavy atom. The monoisotopic (exact) mass is 190 g/mol. The van der Waals surface area contributed by atoms with Crippen LogP contribution in [0.2, 0.25) is 0 Å². The fourth-order valence-electron chi connectivity index (χ4n) is 2.59. The molecule has 0 bridgehead atoms. The largest absolute Gasteiger partial charge is 0.396 e. The van der Waals surface area contributed by atoms with Crippen LogP contribution < -0.4 is 0 Å². The highest BCUT2D eigenvalue weighted by atomic mass is 16.3. The van der Waals surface area contributed by atoms with Crippen LogP contribution in [0.4, 0.5) is 0 Å². The van der Waals surface area contributed by atoms with E-state index in [0.29, 0.717) is 12.5 Å². The Morgan fingerprint density at radius 3 is 2.93 bits per heavy atom. The van der Waals surface area contributed by atoms with E-state index in [1.807, 2.05) is 0 Å². The molecule has 0 aliphatic heterocycles. The van der Waals surface area contributed by atoms with Crippen molar-refractivity contribution in [3.05, 3.63) is 35.4 Å². The summed E-state index contributed by atoms with van der Waals surface area (Å²) < 4.78 is 0. The van der Waals surface area contributed by atoms with E-state index in [0.717, 1.165) is 12.3 Å². The molecule has 0 radical (unpaired) electrons. The summed E-state index contributed by atoms with van der Waals surface area (Å²) in [6, 6.07) is 8.68. The van der Waals surface area contributed by atoms with E-state index in [9.17, 15) is 0 Å². The number of rotatable bonds is 2. The van der Waals surface area contributed by atoms with Crippen LogP contribution in [0.5, 0.6) is 0 Å². The minimum absolute atomic E-state index is 0.309. The third-order valence-corrected chi connectivity index (χ3v) is 3.45. The number of fused-ring (bicyclic) bond motifs is 1. The third kappa shape index (κ3) is 1.69. The van der Waals surface area contributed by atoms with Gasteiger partial charge in [-0.15, -0.1) is 0 Å². The van der Waals surface area contributed by atoms with Gasteiger partial charge >= 0.3 is 0 Å². The molecule has 1 aromatic carbocycles. The van der Waals surface area contributed by atoms with Crippen molar-refractivity contribution < 1.29 is 5.11 Å². The summed E-state index contributed by atoms with van der Waals surface area (Å²) in [5.74, 6) is 1.29. The highest BCUT2D eigenvalue weighted by molar-refractivity contribution is 5.33. The van der Waals surface area contributed by atoms with Gasteiger partial charge in [-0.1, -0.05) is 31.2 Å². The third-order valence-electron chi connectivity index (χ3n) is 3.45. The van der Waals surface area contributed by atoms with Gasteiger partial charge in [-0.2, -0.15) is 0 Å².